The number of ether oxygens (including phenoxy) is 7. The van der Waals surface area contributed by atoms with Crippen molar-refractivity contribution in [2.75, 3.05) is 28.4 Å². The van der Waals surface area contributed by atoms with Gasteiger partial charge in [-0.1, -0.05) is 17.8 Å². The van der Waals surface area contributed by atoms with E-state index in [1.807, 2.05) is 13.8 Å². The number of thioether (sulfide) groups is 1. The maximum absolute atomic E-state index is 13.5. The number of halogens is 1. The van der Waals surface area contributed by atoms with E-state index in [1.165, 1.54) is 39.2 Å². The monoisotopic (exact) mass is 638 g/mol. The van der Waals surface area contributed by atoms with Gasteiger partial charge < -0.3 is 38.3 Å². The summed E-state index contributed by atoms with van der Waals surface area (Å²) in [6.07, 6.45) is 0.196. The van der Waals surface area contributed by atoms with Crippen LogP contribution in [0.15, 0.2) is 12.7 Å². The molecule has 0 aliphatic carbocycles. The number of hydrogen-bond donors (Lipinski definition) is 1. The number of aliphatic hydroxyl groups is 1. The summed E-state index contributed by atoms with van der Waals surface area (Å²) in [5.41, 5.74) is 1.13. The third-order valence-corrected chi connectivity index (χ3v) is 9.13. The predicted molar refractivity (Wildman–Crippen MR) is 144 cm³/mol. The van der Waals surface area contributed by atoms with Crippen LogP contribution in [0.25, 0.3) is 0 Å². The van der Waals surface area contributed by atoms with E-state index >= 15 is 0 Å². The molecule has 0 radical (unpaired) electrons. The van der Waals surface area contributed by atoms with E-state index in [2.05, 4.69) is 29.2 Å². The molecule has 0 unspecified atom stereocenters. The molecule has 2 heterocycles. The molecule has 2 fully saturated rings. The van der Waals surface area contributed by atoms with Gasteiger partial charge in [0.25, 0.3) is 0 Å². The van der Waals surface area contributed by atoms with Crippen LogP contribution in [0.5, 0.6) is 17.2 Å². The minimum Gasteiger partial charge on any atom is -0.492 e. The van der Waals surface area contributed by atoms with E-state index < -0.39 is 24.6 Å². The fourth-order valence-corrected chi connectivity index (χ4v) is 6.23. The van der Waals surface area contributed by atoms with Crippen LogP contribution >= 0.6 is 34.4 Å². The van der Waals surface area contributed by atoms with Gasteiger partial charge in [0.05, 0.1) is 35.6 Å². The zero-order valence-electron chi connectivity index (χ0n) is 21.4. The summed E-state index contributed by atoms with van der Waals surface area (Å²) in [5.74, 6) is 0.981. The van der Waals surface area contributed by atoms with Gasteiger partial charge in [0.15, 0.2) is 17.8 Å². The van der Waals surface area contributed by atoms with Crippen LogP contribution in [0.4, 0.5) is 0 Å². The number of methoxy groups -OCH3 is 4. The predicted octanol–water partition coefficient (Wildman–Crippen LogP) is 4.09. The molecule has 2 aliphatic heterocycles. The van der Waals surface area contributed by atoms with Crippen LogP contribution in [0, 0.1) is 10.5 Å². The van der Waals surface area contributed by atoms with Crippen molar-refractivity contribution in [2.24, 2.45) is 0 Å². The third-order valence-electron chi connectivity index (χ3n) is 6.49. The summed E-state index contributed by atoms with van der Waals surface area (Å²) >= 11 is 3.37. The van der Waals surface area contributed by atoms with E-state index in [1.54, 1.807) is 7.11 Å². The SMILES string of the molecule is C=C[C@@H]1O[C@@H](Oc2c(I)c(C)c(C(=O)S[C@H]3CC[C@H](OC)O[C@@H]3C)c(OC)c2OC)C[C@H](OC)[C@H]1O. The van der Waals surface area contributed by atoms with E-state index in [-0.39, 0.29) is 22.8 Å². The second-order valence-electron chi connectivity index (χ2n) is 8.62. The number of rotatable bonds is 9. The Bertz CT molecular complexity index is 943. The summed E-state index contributed by atoms with van der Waals surface area (Å²) < 4.78 is 40.8. The van der Waals surface area contributed by atoms with Crippen molar-refractivity contribution in [3.05, 3.63) is 27.4 Å². The molecule has 2 aliphatic rings. The van der Waals surface area contributed by atoms with Gasteiger partial charge >= 0.3 is 0 Å². The zero-order valence-corrected chi connectivity index (χ0v) is 24.4. The van der Waals surface area contributed by atoms with E-state index in [0.29, 0.717) is 38.4 Å². The van der Waals surface area contributed by atoms with E-state index in [9.17, 15) is 9.90 Å². The minimum atomic E-state index is -0.855. The summed E-state index contributed by atoms with van der Waals surface area (Å²) in [5, 5.41) is 10.2. The minimum absolute atomic E-state index is 0.0172. The first-order valence-electron chi connectivity index (χ1n) is 11.7. The number of aliphatic hydroxyl groups excluding tert-OH is 1. The third kappa shape index (κ3) is 6.13. The standard InChI is InChI=1S/C25H35IO9S/c1-8-14-21(27)15(29-4)11-18(34-14)35-23-20(26)12(2)19(22(31-6)24(23)32-7)25(28)36-16-9-10-17(30-5)33-13(16)3/h8,13-18,21,27H,1,9-11H2,2-7H3/t13-,14+,15+,16+,17-,18+,21+/m1/s1. The lowest BCUT2D eigenvalue weighted by atomic mass is 10.0. The smallest absolute Gasteiger partial charge is 0.223 e. The Balaban J connectivity index is 1.91. The van der Waals surface area contributed by atoms with Gasteiger partial charge in [-0.2, -0.15) is 0 Å². The Morgan fingerprint density at radius 2 is 1.78 bits per heavy atom. The van der Waals surface area contributed by atoms with Gasteiger partial charge in [-0.3, -0.25) is 4.79 Å². The van der Waals surface area contributed by atoms with Crippen molar-refractivity contribution in [2.45, 2.75) is 75.4 Å². The van der Waals surface area contributed by atoms with Crippen molar-refractivity contribution in [3.63, 3.8) is 0 Å². The molecule has 1 aromatic carbocycles. The first-order valence-corrected chi connectivity index (χ1v) is 13.6. The second-order valence-corrected chi connectivity index (χ2v) is 10.9. The van der Waals surface area contributed by atoms with Crippen molar-refractivity contribution in [1.82, 2.24) is 0 Å². The highest BCUT2D eigenvalue weighted by Gasteiger charge is 2.39. The highest BCUT2D eigenvalue weighted by molar-refractivity contribution is 14.1. The lowest BCUT2D eigenvalue weighted by Crippen LogP contribution is -2.49. The Labute approximate surface area is 230 Å². The Morgan fingerprint density at radius 1 is 1.08 bits per heavy atom. The first-order chi connectivity index (χ1) is 17.2. The first kappa shape index (κ1) is 29.5. The molecule has 0 spiro atoms. The average Bonchev–Trinajstić information content (AvgIpc) is 2.88. The van der Waals surface area contributed by atoms with Gasteiger partial charge in [0.2, 0.25) is 17.2 Å². The highest BCUT2D eigenvalue weighted by Crippen LogP contribution is 2.48. The summed E-state index contributed by atoms with van der Waals surface area (Å²) in [6.45, 7) is 7.53. The molecule has 7 atom stereocenters. The van der Waals surface area contributed by atoms with Crippen LogP contribution in [-0.2, 0) is 18.9 Å². The van der Waals surface area contributed by atoms with Crippen molar-refractivity contribution in [3.8, 4) is 17.2 Å². The van der Waals surface area contributed by atoms with Crippen LogP contribution < -0.4 is 14.2 Å². The molecule has 36 heavy (non-hydrogen) atoms. The lowest BCUT2D eigenvalue weighted by molar-refractivity contribution is -0.213. The van der Waals surface area contributed by atoms with Crippen molar-refractivity contribution < 1.29 is 43.1 Å². The maximum atomic E-state index is 13.5. The molecule has 1 N–H and O–H groups in total. The summed E-state index contributed by atoms with van der Waals surface area (Å²) in [7, 11) is 6.14. The van der Waals surface area contributed by atoms with Crippen molar-refractivity contribution in [1.29, 1.82) is 0 Å². The van der Waals surface area contributed by atoms with Crippen LogP contribution in [0.1, 0.15) is 42.1 Å². The van der Waals surface area contributed by atoms with E-state index in [4.69, 9.17) is 33.2 Å². The van der Waals surface area contributed by atoms with Gasteiger partial charge in [-0.15, -0.1) is 6.58 Å². The molecule has 11 heteroatoms. The largest absolute Gasteiger partial charge is 0.492 e. The molecule has 202 valence electrons. The maximum Gasteiger partial charge on any atom is 0.223 e. The van der Waals surface area contributed by atoms with Gasteiger partial charge in [0.1, 0.15) is 12.2 Å². The summed E-state index contributed by atoms with van der Waals surface area (Å²) in [6, 6.07) is 0. The molecular weight excluding hydrogens is 603 g/mol. The van der Waals surface area contributed by atoms with Crippen LogP contribution in [-0.4, -0.2) is 80.9 Å². The Morgan fingerprint density at radius 3 is 2.33 bits per heavy atom. The molecule has 0 aromatic heterocycles. The van der Waals surface area contributed by atoms with Gasteiger partial charge in [0, 0.05) is 25.9 Å². The van der Waals surface area contributed by atoms with E-state index in [0.717, 1.165) is 12.8 Å². The normalized spacial score (nSPS) is 30.5. The molecule has 3 rings (SSSR count). The molecule has 1 aromatic rings. The number of carbonyl (C=O) groups is 1. The quantitative estimate of drug-likeness (QED) is 0.315. The Kier molecular flexibility index (Phi) is 10.7. The number of carbonyl (C=O) groups excluding carboxylic acids is 1. The summed E-state index contributed by atoms with van der Waals surface area (Å²) in [4.78, 5) is 13.5. The number of hydrogen-bond acceptors (Lipinski definition) is 10. The topological polar surface area (TPSA) is 102 Å². The molecule has 2 saturated heterocycles. The molecule has 0 saturated carbocycles. The number of benzene rings is 1. The zero-order chi connectivity index (χ0) is 26.6. The van der Waals surface area contributed by atoms with Crippen LogP contribution in [0.2, 0.25) is 0 Å². The second kappa shape index (κ2) is 13.1. The molecule has 0 amide bonds. The van der Waals surface area contributed by atoms with Crippen LogP contribution in [0.3, 0.4) is 0 Å². The highest BCUT2D eigenvalue weighted by atomic mass is 127. The van der Waals surface area contributed by atoms with Crippen molar-refractivity contribution >= 4 is 39.5 Å². The molecule has 0 bridgehead atoms. The Hall–Kier alpha value is -1.09. The average molecular weight is 639 g/mol. The molecular formula is C25H35IO9S. The fourth-order valence-electron chi connectivity index (χ4n) is 4.44. The fraction of sp³-hybridized carbons (Fsp3) is 0.640. The van der Waals surface area contributed by atoms with Gasteiger partial charge in [-0.25, -0.2) is 0 Å². The lowest BCUT2D eigenvalue weighted by Gasteiger charge is -2.37. The van der Waals surface area contributed by atoms with Gasteiger partial charge in [-0.05, 0) is 54.8 Å². The molecule has 9 nitrogen and oxygen atoms in total.